The van der Waals surface area contributed by atoms with Gasteiger partial charge in [0, 0.05) is 19.6 Å². The molecule has 0 aromatic heterocycles. The first-order valence-electron chi connectivity index (χ1n) is 4.77. The number of carboxylic acids is 1. The zero-order valence-electron chi connectivity index (χ0n) is 8.80. The highest BCUT2D eigenvalue weighted by Gasteiger charge is 2.36. The molecule has 0 saturated carbocycles. The molecule has 1 heterocycles. The molecule has 2 unspecified atom stereocenters. The average Bonchev–Trinajstić information content (AvgIpc) is 2.67. The number of aliphatic carboxylic acids is 1. The lowest BCUT2D eigenvalue weighted by Gasteiger charge is -2.24. The van der Waals surface area contributed by atoms with Gasteiger partial charge in [0.1, 0.15) is 0 Å². The third-order valence-electron chi connectivity index (χ3n) is 2.74. The Morgan fingerprint density at radius 2 is 2.20 bits per heavy atom. The molecule has 88 valence electrons. The normalized spacial score (nSPS) is 24.3. The van der Waals surface area contributed by atoms with Gasteiger partial charge in [-0.05, 0) is 19.9 Å². The number of carbonyl (C=O) groups is 1. The lowest BCUT2D eigenvalue weighted by atomic mass is 10.3. The summed E-state index contributed by atoms with van der Waals surface area (Å²) in [5.41, 5.74) is 0. The molecule has 1 saturated heterocycles. The molecule has 0 amide bonds. The van der Waals surface area contributed by atoms with Crippen LogP contribution >= 0.6 is 0 Å². The van der Waals surface area contributed by atoms with Crippen LogP contribution in [0.3, 0.4) is 0 Å². The maximum absolute atomic E-state index is 11.8. The zero-order valence-corrected chi connectivity index (χ0v) is 9.62. The van der Waals surface area contributed by atoms with E-state index in [2.05, 4.69) is 5.32 Å². The molecule has 1 rings (SSSR count). The number of hydrogen-bond acceptors (Lipinski definition) is 4. The van der Waals surface area contributed by atoms with Gasteiger partial charge in [-0.2, -0.15) is 4.31 Å². The van der Waals surface area contributed by atoms with Gasteiger partial charge in [-0.3, -0.25) is 4.79 Å². The molecular formula is C8H16N2O4S. The summed E-state index contributed by atoms with van der Waals surface area (Å²) < 4.78 is 24.7. The number of hydrogen-bond donors (Lipinski definition) is 2. The van der Waals surface area contributed by atoms with E-state index in [1.165, 1.54) is 18.3 Å². The van der Waals surface area contributed by atoms with Crippen molar-refractivity contribution in [2.24, 2.45) is 0 Å². The minimum Gasteiger partial charge on any atom is -0.480 e. The first kappa shape index (κ1) is 12.4. The Kier molecular flexibility index (Phi) is 3.69. The number of nitrogens with zero attached hydrogens (tertiary/aromatic N) is 1. The molecule has 1 aliphatic rings. The van der Waals surface area contributed by atoms with Crippen LogP contribution in [0.1, 0.15) is 13.3 Å². The van der Waals surface area contributed by atoms with Gasteiger partial charge in [-0.15, -0.1) is 0 Å². The summed E-state index contributed by atoms with van der Waals surface area (Å²) in [7, 11) is -2.29. The monoisotopic (exact) mass is 236 g/mol. The highest BCUT2D eigenvalue weighted by molar-refractivity contribution is 7.90. The molecular weight excluding hydrogens is 220 g/mol. The predicted octanol–water partition coefficient (Wildman–Crippen LogP) is -0.917. The number of rotatable bonds is 4. The molecule has 0 bridgehead atoms. The van der Waals surface area contributed by atoms with Crippen LogP contribution in [0.2, 0.25) is 0 Å². The third-order valence-corrected chi connectivity index (χ3v) is 4.94. The Hall–Kier alpha value is -0.660. The molecule has 1 fully saturated rings. The van der Waals surface area contributed by atoms with Crippen molar-refractivity contribution >= 4 is 16.0 Å². The maximum Gasteiger partial charge on any atom is 0.323 e. The van der Waals surface area contributed by atoms with Gasteiger partial charge < -0.3 is 10.4 Å². The zero-order chi connectivity index (χ0) is 11.6. The van der Waals surface area contributed by atoms with Crippen molar-refractivity contribution in [2.45, 2.75) is 24.6 Å². The molecule has 0 aromatic carbocycles. The van der Waals surface area contributed by atoms with Crippen molar-refractivity contribution in [3.05, 3.63) is 0 Å². The Labute approximate surface area is 89.3 Å². The van der Waals surface area contributed by atoms with E-state index in [1.54, 1.807) is 0 Å². The molecule has 0 radical (unpaired) electrons. The third kappa shape index (κ3) is 2.47. The van der Waals surface area contributed by atoms with E-state index in [0.717, 1.165) is 13.0 Å². The average molecular weight is 236 g/mol. The van der Waals surface area contributed by atoms with E-state index in [9.17, 15) is 13.2 Å². The molecule has 2 atom stereocenters. The van der Waals surface area contributed by atoms with Gasteiger partial charge in [0.2, 0.25) is 10.0 Å². The van der Waals surface area contributed by atoms with Crippen molar-refractivity contribution in [3.8, 4) is 0 Å². The fourth-order valence-corrected chi connectivity index (χ4v) is 2.88. The summed E-state index contributed by atoms with van der Waals surface area (Å²) in [6.45, 7) is 2.55. The van der Waals surface area contributed by atoms with Gasteiger partial charge in [0.05, 0.1) is 0 Å². The highest BCUT2D eigenvalue weighted by Crippen LogP contribution is 2.15. The second-order valence-corrected chi connectivity index (χ2v) is 6.00. The number of sulfonamides is 1. The van der Waals surface area contributed by atoms with Crippen LogP contribution in [0.15, 0.2) is 0 Å². The van der Waals surface area contributed by atoms with Gasteiger partial charge >= 0.3 is 5.97 Å². The SMILES string of the molecule is CC(C(=O)O)S(=O)(=O)N(C)C1CCNC1. The molecule has 0 aromatic rings. The second kappa shape index (κ2) is 4.46. The van der Waals surface area contributed by atoms with Crippen LogP contribution in [0.5, 0.6) is 0 Å². The molecule has 0 aliphatic carbocycles. The lowest BCUT2D eigenvalue weighted by molar-refractivity contribution is -0.136. The molecule has 6 nitrogen and oxygen atoms in total. The van der Waals surface area contributed by atoms with Crippen LogP contribution < -0.4 is 5.32 Å². The first-order valence-corrected chi connectivity index (χ1v) is 6.28. The Morgan fingerprint density at radius 1 is 1.60 bits per heavy atom. The van der Waals surface area contributed by atoms with Gasteiger partial charge in [-0.1, -0.05) is 0 Å². The highest BCUT2D eigenvalue weighted by atomic mass is 32.2. The van der Waals surface area contributed by atoms with E-state index < -0.39 is 21.2 Å². The number of carboxylic acid groups (broad SMARTS) is 1. The quantitative estimate of drug-likeness (QED) is 0.659. The smallest absolute Gasteiger partial charge is 0.323 e. The molecule has 2 N–H and O–H groups in total. The molecule has 0 spiro atoms. The first-order chi connectivity index (χ1) is 6.87. The topological polar surface area (TPSA) is 86.7 Å². The van der Waals surface area contributed by atoms with Gasteiger partial charge in [-0.25, -0.2) is 8.42 Å². The Bertz CT molecular complexity index is 335. The standard InChI is InChI=1S/C8H16N2O4S/c1-6(8(11)12)15(13,14)10(2)7-3-4-9-5-7/h6-7,9H,3-5H2,1-2H3,(H,11,12). The van der Waals surface area contributed by atoms with E-state index >= 15 is 0 Å². The van der Waals surface area contributed by atoms with E-state index in [0.29, 0.717) is 6.54 Å². The van der Waals surface area contributed by atoms with Crippen molar-refractivity contribution < 1.29 is 18.3 Å². The van der Waals surface area contributed by atoms with Crippen molar-refractivity contribution in [2.75, 3.05) is 20.1 Å². The minimum absolute atomic E-state index is 0.128. The maximum atomic E-state index is 11.8. The van der Waals surface area contributed by atoms with Crippen molar-refractivity contribution in [1.29, 1.82) is 0 Å². The van der Waals surface area contributed by atoms with Crippen LogP contribution in [-0.2, 0) is 14.8 Å². The van der Waals surface area contributed by atoms with Gasteiger partial charge in [0.15, 0.2) is 5.25 Å². The summed E-state index contributed by atoms with van der Waals surface area (Å²) >= 11 is 0. The number of nitrogens with one attached hydrogen (secondary N) is 1. The second-order valence-electron chi connectivity index (χ2n) is 3.69. The predicted molar refractivity (Wildman–Crippen MR) is 55.1 cm³/mol. The van der Waals surface area contributed by atoms with Crippen LogP contribution in [-0.4, -0.2) is 55.2 Å². The van der Waals surface area contributed by atoms with Gasteiger partial charge in [0.25, 0.3) is 0 Å². The van der Waals surface area contributed by atoms with E-state index in [-0.39, 0.29) is 6.04 Å². The van der Waals surface area contributed by atoms with Crippen molar-refractivity contribution in [3.63, 3.8) is 0 Å². The summed E-state index contributed by atoms with van der Waals surface area (Å²) in [5.74, 6) is -1.31. The summed E-state index contributed by atoms with van der Waals surface area (Å²) in [5, 5.41) is 10.3. The molecule has 7 heteroatoms. The largest absolute Gasteiger partial charge is 0.480 e. The Balaban J connectivity index is 2.80. The molecule has 15 heavy (non-hydrogen) atoms. The fraction of sp³-hybridized carbons (Fsp3) is 0.875. The summed E-state index contributed by atoms with van der Waals surface area (Å²) in [6.07, 6.45) is 0.724. The van der Waals surface area contributed by atoms with Crippen LogP contribution in [0.4, 0.5) is 0 Å². The van der Waals surface area contributed by atoms with Crippen LogP contribution in [0, 0.1) is 0 Å². The lowest BCUT2D eigenvalue weighted by Crippen LogP contribution is -2.45. The van der Waals surface area contributed by atoms with Crippen molar-refractivity contribution in [1.82, 2.24) is 9.62 Å². The number of likely N-dealkylation sites (N-methyl/N-ethyl adjacent to an activating group) is 1. The van der Waals surface area contributed by atoms with E-state index in [1.807, 2.05) is 0 Å². The minimum atomic E-state index is -3.73. The summed E-state index contributed by atoms with van der Waals surface area (Å²) in [4.78, 5) is 10.6. The summed E-state index contributed by atoms with van der Waals surface area (Å²) in [6, 6.07) is -0.128. The molecule has 1 aliphatic heterocycles. The van der Waals surface area contributed by atoms with E-state index in [4.69, 9.17) is 5.11 Å². The fourth-order valence-electron chi connectivity index (χ4n) is 1.53. The van der Waals surface area contributed by atoms with Crippen LogP contribution in [0.25, 0.3) is 0 Å². The Morgan fingerprint density at radius 3 is 2.60 bits per heavy atom.